The van der Waals surface area contributed by atoms with E-state index in [1.165, 1.54) is 13.3 Å². The molecule has 0 saturated heterocycles. The maximum absolute atomic E-state index is 12.9. The number of aromatic nitrogens is 1. The smallest absolute Gasteiger partial charge is 0.382 e. The second-order valence-corrected chi connectivity index (χ2v) is 5.41. The molecule has 0 radical (unpaired) electrons. The Balaban J connectivity index is 3.09. The third-order valence-corrected chi connectivity index (χ3v) is 2.56. The molecule has 0 saturated carbocycles. The van der Waals surface area contributed by atoms with Gasteiger partial charge in [0.15, 0.2) is 0 Å². The van der Waals surface area contributed by atoms with Crippen molar-refractivity contribution in [1.29, 1.82) is 0 Å². The van der Waals surface area contributed by atoms with Gasteiger partial charge in [0.2, 0.25) is 0 Å². The van der Waals surface area contributed by atoms with E-state index < -0.39 is 17.3 Å². The minimum absolute atomic E-state index is 0.201. The lowest BCUT2D eigenvalue weighted by Crippen LogP contribution is -2.37. The van der Waals surface area contributed by atoms with Crippen molar-refractivity contribution in [3.8, 4) is 0 Å². The highest BCUT2D eigenvalue weighted by Gasteiger charge is 2.36. The van der Waals surface area contributed by atoms with Crippen molar-refractivity contribution in [3.05, 3.63) is 22.3 Å². The largest absolute Gasteiger partial charge is 0.419 e. The Labute approximate surface area is 112 Å². The summed E-state index contributed by atoms with van der Waals surface area (Å²) in [6, 6.07) is 0.998. The van der Waals surface area contributed by atoms with Gasteiger partial charge in [-0.05, 0) is 35.8 Å². The van der Waals surface area contributed by atoms with Gasteiger partial charge in [-0.2, -0.15) is 13.2 Å². The molecule has 7 heteroatoms. The van der Waals surface area contributed by atoms with Crippen molar-refractivity contribution < 1.29 is 17.9 Å². The Bertz CT molecular complexity index is 421. The minimum atomic E-state index is -4.46. The molecular weight excluding hydrogens is 313 g/mol. The normalized spacial score (nSPS) is 12.6. The van der Waals surface area contributed by atoms with E-state index in [1.54, 1.807) is 13.8 Å². The summed E-state index contributed by atoms with van der Waals surface area (Å²) in [4.78, 5) is 3.78. The zero-order valence-corrected chi connectivity index (χ0v) is 11.8. The van der Waals surface area contributed by atoms with Crippen molar-refractivity contribution in [2.24, 2.45) is 0 Å². The van der Waals surface area contributed by atoms with Gasteiger partial charge >= 0.3 is 6.18 Å². The lowest BCUT2D eigenvalue weighted by Gasteiger charge is -2.27. The predicted octanol–water partition coefficient (Wildman–Crippen LogP) is 3.70. The summed E-state index contributed by atoms with van der Waals surface area (Å²) in [5.74, 6) is -0.201. The van der Waals surface area contributed by atoms with Gasteiger partial charge in [-0.25, -0.2) is 4.98 Å². The number of nitrogens with zero attached hydrogens (tertiary/aromatic N) is 1. The third-order valence-electron chi connectivity index (χ3n) is 2.12. The van der Waals surface area contributed by atoms with Crippen molar-refractivity contribution in [3.63, 3.8) is 0 Å². The molecule has 18 heavy (non-hydrogen) atoms. The molecule has 1 heterocycles. The summed E-state index contributed by atoms with van der Waals surface area (Å²) in [6.45, 7) is 3.74. The van der Waals surface area contributed by atoms with E-state index in [0.717, 1.165) is 6.07 Å². The monoisotopic (exact) mass is 326 g/mol. The van der Waals surface area contributed by atoms with Gasteiger partial charge in [-0.15, -0.1) is 0 Å². The number of rotatable bonds is 4. The number of halogens is 4. The summed E-state index contributed by atoms with van der Waals surface area (Å²) < 4.78 is 43.8. The number of nitrogens with one attached hydrogen (secondary N) is 1. The predicted molar refractivity (Wildman–Crippen MR) is 66.5 cm³/mol. The quantitative estimate of drug-likeness (QED) is 0.916. The van der Waals surface area contributed by atoms with Gasteiger partial charge in [-0.1, -0.05) is 0 Å². The maximum Gasteiger partial charge on any atom is 0.419 e. The second kappa shape index (κ2) is 5.44. The Morgan fingerprint density at radius 3 is 2.50 bits per heavy atom. The van der Waals surface area contributed by atoms with Gasteiger partial charge in [0.1, 0.15) is 5.82 Å². The molecule has 3 nitrogen and oxygen atoms in total. The topological polar surface area (TPSA) is 34.1 Å². The van der Waals surface area contributed by atoms with E-state index in [2.05, 4.69) is 26.2 Å². The molecule has 0 aliphatic rings. The molecule has 102 valence electrons. The van der Waals surface area contributed by atoms with Crippen LogP contribution in [0.15, 0.2) is 16.7 Å². The summed E-state index contributed by atoms with van der Waals surface area (Å²) in [6.07, 6.45) is -3.14. The molecule has 1 N–H and O–H groups in total. The van der Waals surface area contributed by atoms with E-state index in [9.17, 15) is 13.2 Å². The van der Waals surface area contributed by atoms with Gasteiger partial charge in [-0.3, -0.25) is 0 Å². The van der Waals surface area contributed by atoms with Gasteiger partial charge in [0, 0.05) is 17.8 Å². The first kappa shape index (κ1) is 15.2. The van der Waals surface area contributed by atoms with E-state index in [4.69, 9.17) is 4.74 Å². The summed E-state index contributed by atoms with van der Waals surface area (Å²) in [5.41, 5.74) is -1.45. The minimum Gasteiger partial charge on any atom is -0.382 e. The van der Waals surface area contributed by atoms with Crippen LogP contribution in [0, 0.1) is 0 Å². The molecule has 0 unspecified atom stereocenters. The summed E-state index contributed by atoms with van der Waals surface area (Å²) >= 11 is 2.98. The van der Waals surface area contributed by atoms with Crippen LogP contribution in [0.4, 0.5) is 19.0 Å². The molecule has 0 bridgehead atoms. The summed E-state index contributed by atoms with van der Waals surface area (Å²) in [5, 5.41) is 2.74. The zero-order valence-electron chi connectivity index (χ0n) is 10.2. The number of pyridine rings is 1. The SMILES string of the molecule is COCC(C)(C)Nc1ncc(Br)cc1C(F)(F)F. The number of hydrogen-bond acceptors (Lipinski definition) is 3. The lowest BCUT2D eigenvalue weighted by molar-refractivity contribution is -0.137. The Kier molecular flexibility index (Phi) is 4.61. The average Bonchev–Trinajstić information content (AvgIpc) is 2.18. The fourth-order valence-electron chi connectivity index (χ4n) is 1.47. The molecule has 1 aromatic rings. The van der Waals surface area contributed by atoms with Crippen LogP contribution < -0.4 is 5.32 Å². The zero-order chi connectivity index (χ0) is 14.0. The fraction of sp³-hybridized carbons (Fsp3) is 0.545. The first-order valence-corrected chi connectivity index (χ1v) is 5.95. The van der Waals surface area contributed by atoms with Crippen LogP contribution in [0.3, 0.4) is 0 Å². The number of anilines is 1. The van der Waals surface area contributed by atoms with Crippen LogP contribution in [0.5, 0.6) is 0 Å². The average molecular weight is 327 g/mol. The van der Waals surface area contributed by atoms with E-state index in [0.29, 0.717) is 0 Å². The van der Waals surface area contributed by atoms with E-state index in [1.807, 2.05) is 0 Å². The van der Waals surface area contributed by atoms with Gasteiger partial charge in [0.05, 0.1) is 17.7 Å². The Morgan fingerprint density at radius 1 is 1.39 bits per heavy atom. The van der Waals surface area contributed by atoms with Crippen molar-refractivity contribution in [2.45, 2.75) is 25.6 Å². The van der Waals surface area contributed by atoms with Crippen LogP contribution in [0.2, 0.25) is 0 Å². The highest BCUT2D eigenvalue weighted by molar-refractivity contribution is 9.10. The Morgan fingerprint density at radius 2 is 2.00 bits per heavy atom. The first-order valence-electron chi connectivity index (χ1n) is 5.15. The van der Waals surface area contributed by atoms with Crippen molar-refractivity contribution in [2.75, 3.05) is 19.0 Å². The first-order chi connectivity index (χ1) is 8.15. The molecule has 0 aliphatic carbocycles. The fourth-order valence-corrected chi connectivity index (χ4v) is 1.80. The molecule has 0 spiro atoms. The van der Waals surface area contributed by atoms with Gasteiger partial charge in [0.25, 0.3) is 0 Å². The third kappa shape index (κ3) is 4.13. The number of methoxy groups -OCH3 is 1. The van der Waals surface area contributed by atoms with E-state index >= 15 is 0 Å². The molecule has 0 amide bonds. The highest BCUT2D eigenvalue weighted by atomic mass is 79.9. The second-order valence-electron chi connectivity index (χ2n) is 4.49. The molecule has 1 aromatic heterocycles. The van der Waals surface area contributed by atoms with Crippen LogP contribution in [-0.2, 0) is 10.9 Å². The molecular formula is C11H14BrF3N2O. The molecule has 0 fully saturated rings. The number of hydrogen-bond donors (Lipinski definition) is 1. The lowest BCUT2D eigenvalue weighted by atomic mass is 10.1. The maximum atomic E-state index is 12.9. The standard InChI is InChI=1S/C11H14BrF3N2O/c1-10(2,6-18-3)17-9-8(11(13,14)15)4-7(12)5-16-9/h4-5H,6H2,1-3H3,(H,16,17). The molecule has 1 rings (SSSR count). The number of alkyl halides is 3. The molecule has 0 atom stereocenters. The van der Waals surface area contributed by atoms with Gasteiger partial charge < -0.3 is 10.1 Å². The summed E-state index contributed by atoms with van der Waals surface area (Å²) in [7, 11) is 1.49. The van der Waals surface area contributed by atoms with Crippen molar-refractivity contribution in [1.82, 2.24) is 4.98 Å². The molecule has 0 aliphatic heterocycles. The number of ether oxygens (including phenoxy) is 1. The highest BCUT2D eigenvalue weighted by Crippen LogP contribution is 2.36. The van der Waals surface area contributed by atoms with Crippen LogP contribution in [0.25, 0.3) is 0 Å². The van der Waals surface area contributed by atoms with Crippen LogP contribution in [-0.4, -0.2) is 24.2 Å². The van der Waals surface area contributed by atoms with Crippen LogP contribution in [0.1, 0.15) is 19.4 Å². The van der Waals surface area contributed by atoms with E-state index in [-0.39, 0.29) is 16.9 Å². The Hall–Kier alpha value is -0.820. The van der Waals surface area contributed by atoms with Crippen molar-refractivity contribution >= 4 is 21.7 Å². The van der Waals surface area contributed by atoms with Crippen LogP contribution >= 0.6 is 15.9 Å². The molecule has 0 aromatic carbocycles.